The SMILES string of the molecule is Cc1ccc(-n2cnnc2SCc2cc3ccccc3nc2Cl)cc1Cl. The van der Waals surface area contributed by atoms with Gasteiger partial charge in [-0.15, -0.1) is 10.2 Å². The molecule has 0 atom stereocenters. The van der Waals surface area contributed by atoms with Crippen LogP contribution in [0.5, 0.6) is 0 Å². The molecule has 0 amide bonds. The van der Waals surface area contributed by atoms with Gasteiger partial charge in [-0.3, -0.25) is 4.57 Å². The molecule has 0 spiro atoms. The quantitative estimate of drug-likeness (QED) is 0.324. The minimum atomic E-state index is 0.514. The Kier molecular flexibility index (Phi) is 4.85. The lowest BCUT2D eigenvalue weighted by Gasteiger charge is -2.09. The Balaban J connectivity index is 1.60. The van der Waals surface area contributed by atoms with Crippen LogP contribution in [0.4, 0.5) is 0 Å². The molecule has 0 unspecified atom stereocenters. The Morgan fingerprint density at radius 2 is 1.92 bits per heavy atom. The maximum Gasteiger partial charge on any atom is 0.195 e. The van der Waals surface area contributed by atoms with Gasteiger partial charge in [-0.25, -0.2) is 4.98 Å². The van der Waals surface area contributed by atoms with E-state index in [-0.39, 0.29) is 0 Å². The van der Waals surface area contributed by atoms with Crippen LogP contribution in [0.2, 0.25) is 10.2 Å². The number of benzene rings is 2. The van der Waals surface area contributed by atoms with E-state index in [0.717, 1.165) is 32.9 Å². The molecule has 0 aliphatic rings. The predicted molar refractivity (Wildman–Crippen MR) is 107 cm³/mol. The number of nitrogens with zero attached hydrogens (tertiary/aromatic N) is 4. The van der Waals surface area contributed by atoms with Gasteiger partial charge >= 0.3 is 0 Å². The van der Waals surface area contributed by atoms with Crippen molar-refractivity contribution in [3.63, 3.8) is 0 Å². The fraction of sp³-hybridized carbons (Fsp3) is 0.105. The van der Waals surface area contributed by atoms with Crippen molar-refractivity contribution in [2.75, 3.05) is 0 Å². The molecule has 4 aromatic rings. The molecule has 0 N–H and O–H groups in total. The molecule has 4 rings (SSSR count). The van der Waals surface area contributed by atoms with Crippen LogP contribution >= 0.6 is 35.0 Å². The van der Waals surface area contributed by atoms with E-state index in [4.69, 9.17) is 23.2 Å². The van der Waals surface area contributed by atoms with Gasteiger partial charge in [-0.1, -0.05) is 59.2 Å². The molecule has 26 heavy (non-hydrogen) atoms. The standard InChI is InChI=1S/C19H14Cl2N4S/c1-12-6-7-15(9-16(12)20)25-11-22-24-19(25)26-10-14-8-13-4-2-3-5-17(13)23-18(14)21/h2-9,11H,10H2,1H3. The number of hydrogen-bond acceptors (Lipinski definition) is 4. The molecule has 7 heteroatoms. The van der Waals surface area contributed by atoms with Crippen molar-refractivity contribution in [1.29, 1.82) is 0 Å². The van der Waals surface area contributed by atoms with Crippen LogP contribution in [-0.4, -0.2) is 19.7 Å². The first-order valence-corrected chi connectivity index (χ1v) is 9.69. The molecule has 4 nitrogen and oxygen atoms in total. The van der Waals surface area contributed by atoms with E-state index in [2.05, 4.69) is 21.2 Å². The second-order valence-electron chi connectivity index (χ2n) is 5.84. The van der Waals surface area contributed by atoms with Gasteiger partial charge in [0.2, 0.25) is 0 Å². The summed E-state index contributed by atoms with van der Waals surface area (Å²) < 4.78 is 1.92. The summed E-state index contributed by atoms with van der Waals surface area (Å²) in [5.41, 5.74) is 3.82. The smallest absolute Gasteiger partial charge is 0.195 e. The second kappa shape index (κ2) is 7.27. The van der Waals surface area contributed by atoms with Gasteiger partial charge in [-0.2, -0.15) is 0 Å². The van der Waals surface area contributed by atoms with Gasteiger partial charge in [0.1, 0.15) is 11.5 Å². The lowest BCUT2D eigenvalue weighted by atomic mass is 10.2. The Hall–Kier alpha value is -2.08. The van der Waals surface area contributed by atoms with Crippen LogP contribution in [0.3, 0.4) is 0 Å². The second-order valence-corrected chi connectivity index (χ2v) is 7.54. The average molecular weight is 401 g/mol. The molecule has 2 aromatic heterocycles. The molecule has 0 aliphatic carbocycles. The Morgan fingerprint density at radius 3 is 2.77 bits per heavy atom. The number of thioether (sulfide) groups is 1. The normalized spacial score (nSPS) is 11.2. The number of hydrogen-bond donors (Lipinski definition) is 0. The maximum absolute atomic E-state index is 6.35. The van der Waals surface area contributed by atoms with Crippen molar-refractivity contribution in [1.82, 2.24) is 19.7 Å². The van der Waals surface area contributed by atoms with Gasteiger partial charge in [0, 0.05) is 21.7 Å². The molecule has 0 radical (unpaired) electrons. The highest BCUT2D eigenvalue weighted by molar-refractivity contribution is 7.98. The average Bonchev–Trinajstić information content (AvgIpc) is 3.11. The largest absolute Gasteiger partial charge is 0.277 e. The molecule has 0 bridgehead atoms. The van der Waals surface area contributed by atoms with Crippen LogP contribution in [0, 0.1) is 6.92 Å². The Labute approximate surface area is 165 Å². The number of fused-ring (bicyclic) bond motifs is 1. The molecule has 0 saturated heterocycles. The molecule has 0 fully saturated rings. The fourth-order valence-electron chi connectivity index (χ4n) is 2.61. The molecule has 2 heterocycles. The summed E-state index contributed by atoms with van der Waals surface area (Å²) in [5, 5.41) is 11.3. The first kappa shape index (κ1) is 17.3. The lowest BCUT2D eigenvalue weighted by molar-refractivity contribution is 0.883. The van der Waals surface area contributed by atoms with E-state index in [1.807, 2.05) is 54.0 Å². The summed E-state index contributed by atoms with van der Waals surface area (Å²) in [6, 6.07) is 15.9. The van der Waals surface area contributed by atoms with Crippen molar-refractivity contribution in [2.24, 2.45) is 0 Å². The van der Waals surface area contributed by atoms with Gasteiger partial charge in [0.05, 0.1) is 11.2 Å². The molecule has 2 aromatic carbocycles. The van der Waals surface area contributed by atoms with Gasteiger partial charge in [0.15, 0.2) is 5.16 Å². The first-order chi connectivity index (χ1) is 12.6. The van der Waals surface area contributed by atoms with Crippen molar-refractivity contribution >= 4 is 45.9 Å². The van der Waals surface area contributed by atoms with Crippen LogP contribution < -0.4 is 0 Å². The number of halogens is 2. The number of aryl methyl sites for hydroxylation is 1. The fourth-order valence-corrected chi connectivity index (χ4v) is 3.98. The third-order valence-corrected chi connectivity index (χ3v) is 5.78. The van der Waals surface area contributed by atoms with E-state index in [1.54, 1.807) is 18.1 Å². The van der Waals surface area contributed by atoms with E-state index in [1.165, 1.54) is 0 Å². The minimum Gasteiger partial charge on any atom is -0.277 e. The number of pyridine rings is 1. The molecular weight excluding hydrogens is 387 g/mol. The molecule has 0 saturated carbocycles. The highest BCUT2D eigenvalue weighted by Crippen LogP contribution is 2.29. The minimum absolute atomic E-state index is 0.514. The Bertz CT molecular complexity index is 1090. The molecule has 0 aliphatic heterocycles. The van der Waals surface area contributed by atoms with Crippen molar-refractivity contribution in [2.45, 2.75) is 17.8 Å². The zero-order valence-corrected chi connectivity index (χ0v) is 16.2. The monoisotopic (exact) mass is 400 g/mol. The summed E-state index contributed by atoms with van der Waals surface area (Å²) in [6.45, 7) is 1.97. The first-order valence-electron chi connectivity index (χ1n) is 7.95. The van der Waals surface area contributed by atoms with Crippen LogP contribution in [0.1, 0.15) is 11.1 Å². The maximum atomic E-state index is 6.35. The molecule has 130 valence electrons. The number of aromatic nitrogens is 4. The van der Waals surface area contributed by atoms with Gasteiger partial charge in [0.25, 0.3) is 0 Å². The number of para-hydroxylation sites is 1. The summed E-state index contributed by atoms with van der Waals surface area (Å²) >= 11 is 14.2. The van der Waals surface area contributed by atoms with Crippen molar-refractivity contribution in [3.8, 4) is 5.69 Å². The highest BCUT2D eigenvalue weighted by atomic mass is 35.5. The zero-order valence-electron chi connectivity index (χ0n) is 13.9. The number of rotatable bonds is 4. The Morgan fingerprint density at radius 1 is 1.08 bits per heavy atom. The predicted octanol–water partition coefficient (Wildman–Crippen LogP) is 5.72. The highest BCUT2D eigenvalue weighted by Gasteiger charge is 2.11. The summed E-state index contributed by atoms with van der Waals surface area (Å²) in [5.74, 6) is 0.648. The van der Waals surface area contributed by atoms with Crippen LogP contribution in [0.25, 0.3) is 16.6 Å². The van der Waals surface area contributed by atoms with Crippen LogP contribution in [-0.2, 0) is 5.75 Å². The molecular formula is C19H14Cl2N4S. The lowest BCUT2D eigenvalue weighted by Crippen LogP contribution is -1.96. The van der Waals surface area contributed by atoms with Gasteiger partial charge in [-0.05, 0) is 36.8 Å². The van der Waals surface area contributed by atoms with Crippen molar-refractivity contribution in [3.05, 3.63) is 76.2 Å². The summed E-state index contributed by atoms with van der Waals surface area (Å²) in [7, 11) is 0. The third kappa shape index (κ3) is 3.43. The van der Waals surface area contributed by atoms with Crippen molar-refractivity contribution < 1.29 is 0 Å². The van der Waals surface area contributed by atoms with E-state index in [9.17, 15) is 0 Å². The van der Waals surface area contributed by atoms with Gasteiger partial charge < -0.3 is 0 Å². The van der Waals surface area contributed by atoms with Crippen LogP contribution in [0.15, 0.2) is 60.0 Å². The topological polar surface area (TPSA) is 43.6 Å². The van der Waals surface area contributed by atoms with E-state index < -0.39 is 0 Å². The summed E-state index contributed by atoms with van der Waals surface area (Å²) in [4.78, 5) is 4.47. The van der Waals surface area contributed by atoms with E-state index >= 15 is 0 Å². The zero-order chi connectivity index (χ0) is 18.1. The summed E-state index contributed by atoms with van der Waals surface area (Å²) in [6.07, 6.45) is 1.68. The third-order valence-electron chi connectivity index (χ3n) is 4.06. The van der Waals surface area contributed by atoms with E-state index in [0.29, 0.717) is 15.9 Å².